The van der Waals surface area contributed by atoms with Gasteiger partial charge in [-0.2, -0.15) is 0 Å². The Morgan fingerprint density at radius 1 is 1.03 bits per heavy atom. The largest absolute Gasteiger partial charge is 0.459 e. The van der Waals surface area contributed by atoms with Crippen molar-refractivity contribution in [2.75, 3.05) is 13.7 Å². The molecule has 0 aliphatic rings. The zero-order chi connectivity index (χ0) is 24.9. The topological polar surface area (TPSA) is 97.4 Å². The van der Waals surface area contributed by atoms with E-state index in [1.54, 1.807) is 4.57 Å². The lowest BCUT2D eigenvalue weighted by molar-refractivity contribution is -0.145. The molecule has 2 aromatic carbocycles. The summed E-state index contributed by atoms with van der Waals surface area (Å²) in [5, 5.41) is 0. The fourth-order valence-corrected chi connectivity index (χ4v) is 3.64. The number of esters is 1. The van der Waals surface area contributed by atoms with Crippen molar-refractivity contribution in [3.63, 3.8) is 0 Å². The first-order valence-corrected chi connectivity index (χ1v) is 10.7. The van der Waals surface area contributed by atoms with E-state index in [0.717, 1.165) is 16.2 Å². The van der Waals surface area contributed by atoms with Crippen LogP contribution >= 0.6 is 0 Å². The van der Waals surface area contributed by atoms with Gasteiger partial charge in [0.2, 0.25) is 0 Å². The highest BCUT2D eigenvalue weighted by molar-refractivity contribution is 5.72. The minimum atomic E-state index is -1.13. The van der Waals surface area contributed by atoms with Crippen LogP contribution in [-0.4, -0.2) is 38.4 Å². The SMILES string of the molecule is COCCn1cnc2c1c(=O)n(CC(=O)OCc1cccc(F)c1F)c(=O)n2Cc1ccccc1. The maximum Gasteiger partial charge on any atom is 0.333 e. The average molecular weight is 484 g/mol. The van der Waals surface area contributed by atoms with E-state index in [9.17, 15) is 23.2 Å². The lowest BCUT2D eigenvalue weighted by atomic mass is 10.2. The number of nitrogens with zero attached hydrogens (tertiary/aromatic N) is 4. The monoisotopic (exact) mass is 484 g/mol. The van der Waals surface area contributed by atoms with Crippen LogP contribution in [0.2, 0.25) is 0 Å². The Kier molecular flexibility index (Phi) is 7.16. The minimum Gasteiger partial charge on any atom is -0.459 e. The van der Waals surface area contributed by atoms with E-state index in [2.05, 4.69) is 4.98 Å². The summed E-state index contributed by atoms with van der Waals surface area (Å²) in [6.45, 7) is -0.557. The fraction of sp³-hybridized carbons (Fsp3) is 0.250. The van der Waals surface area contributed by atoms with E-state index >= 15 is 0 Å². The van der Waals surface area contributed by atoms with Gasteiger partial charge in [-0.15, -0.1) is 0 Å². The van der Waals surface area contributed by atoms with Crippen molar-refractivity contribution < 1.29 is 23.0 Å². The van der Waals surface area contributed by atoms with Crippen LogP contribution in [0.5, 0.6) is 0 Å². The lowest BCUT2D eigenvalue weighted by Crippen LogP contribution is -2.42. The molecule has 0 atom stereocenters. The summed E-state index contributed by atoms with van der Waals surface area (Å²) in [5.74, 6) is -3.17. The third-order valence-corrected chi connectivity index (χ3v) is 5.41. The van der Waals surface area contributed by atoms with Crippen LogP contribution in [-0.2, 0) is 40.5 Å². The van der Waals surface area contributed by atoms with Gasteiger partial charge >= 0.3 is 11.7 Å². The lowest BCUT2D eigenvalue weighted by Gasteiger charge is -2.13. The normalized spacial score (nSPS) is 11.2. The van der Waals surface area contributed by atoms with Crippen molar-refractivity contribution in [1.29, 1.82) is 0 Å². The summed E-state index contributed by atoms with van der Waals surface area (Å²) < 4.78 is 41.0. The zero-order valence-electron chi connectivity index (χ0n) is 18.8. The highest BCUT2D eigenvalue weighted by Gasteiger charge is 2.21. The van der Waals surface area contributed by atoms with Gasteiger partial charge in [-0.05, 0) is 11.6 Å². The van der Waals surface area contributed by atoms with Crippen molar-refractivity contribution in [3.05, 3.63) is 98.5 Å². The molecule has 0 saturated carbocycles. The summed E-state index contributed by atoms with van der Waals surface area (Å²) >= 11 is 0. The smallest absolute Gasteiger partial charge is 0.333 e. The summed E-state index contributed by atoms with van der Waals surface area (Å²) in [6, 6.07) is 12.6. The van der Waals surface area contributed by atoms with Crippen molar-refractivity contribution >= 4 is 17.1 Å². The van der Waals surface area contributed by atoms with Crippen LogP contribution in [0.15, 0.2) is 64.4 Å². The molecule has 0 aliphatic heterocycles. The first kappa shape index (κ1) is 24.0. The molecule has 0 amide bonds. The first-order valence-electron chi connectivity index (χ1n) is 10.7. The van der Waals surface area contributed by atoms with Gasteiger partial charge in [0.05, 0.1) is 19.5 Å². The molecule has 4 rings (SSSR count). The highest BCUT2D eigenvalue weighted by atomic mass is 19.2. The highest BCUT2D eigenvalue weighted by Crippen LogP contribution is 2.13. The van der Waals surface area contributed by atoms with Gasteiger partial charge < -0.3 is 14.0 Å². The molecular weight excluding hydrogens is 462 g/mol. The molecule has 9 nitrogen and oxygen atoms in total. The van der Waals surface area contributed by atoms with Crippen LogP contribution in [0.25, 0.3) is 11.2 Å². The molecule has 0 spiro atoms. The Labute approximate surface area is 197 Å². The number of imidazole rings is 1. The van der Waals surface area contributed by atoms with E-state index < -0.39 is 42.0 Å². The van der Waals surface area contributed by atoms with Crippen molar-refractivity contribution in [3.8, 4) is 0 Å². The molecule has 0 aliphatic carbocycles. The van der Waals surface area contributed by atoms with Crippen LogP contribution in [0.3, 0.4) is 0 Å². The number of rotatable bonds is 9. The number of fused-ring (bicyclic) bond motifs is 1. The van der Waals surface area contributed by atoms with Gasteiger partial charge in [-0.3, -0.25) is 14.2 Å². The van der Waals surface area contributed by atoms with E-state index in [4.69, 9.17) is 9.47 Å². The van der Waals surface area contributed by atoms with E-state index in [1.807, 2.05) is 30.3 Å². The molecule has 0 N–H and O–H groups in total. The molecule has 0 radical (unpaired) electrons. The Hall–Kier alpha value is -4.12. The van der Waals surface area contributed by atoms with Crippen LogP contribution in [0, 0.1) is 11.6 Å². The maximum absolute atomic E-state index is 13.9. The number of carbonyl (C=O) groups is 1. The Balaban J connectivity index is 1.70. The quantitative estimate of drug-likeness (QED) is 0.338. The van der Waals surface area contributed by atoms with Gasteiger partial charge in [-0.1, -0.05) is 42.5 Å². The average Bonchev–Trinajstić information content (AvgIpc) is 3.28. The molecule has 2 heterocycles. The molecule has 0 fully saturated rings. The van der Waals surface area contributed by atoms with Crippen LogP contribution in [0.4, 0.5) is 8.78 Å². The third kappa shape index (κ3) is 5.04. The standard InChI is InChI=1S/C24H22F2N4O5/c1-34-11-10-28-15-27-22-21(28)23(32)30(24(33)29(22)12-16-6-3-2-4-7-16)13-19(31)35-14-17-8-5-9-18(25)20(17)26/h2-9,15H,10-14H2,1H3. The summed E-state index contributed by atoms with van der Waals surface area (Å²) in [4.78, 5) is 43.3. The van der Waals surface area contributed by atoms with E-state index in [1.165, 1.54) is 30.1 Å². The molecule has 4 aromatic rings. The number of hydrogen-bond acceptors (Lipinski definition) is 6. The second-order valence-electron chi connectivity index (χ2n) is 7.72. The van der Waals surface area contributed by atoms with Crippen LogP contribution in [0.1, 0.15) is 11.1 Å². The number of benzene rings is 2. The van der Waals surface area contributed by atoms with Crippen LogP contribution < -0.4 is 11.2 Å². The molecule has 0 unspecified atom stereocenters. The van der Waals surface area contributed by atoms with E-state index in [0.29, 0.717) is 13.2 Å². The molecule has 11 heteroatoms. The molecular formula is C24H22F2N4O5. The summed E-state index contributed by atoms with van der Waals surface area (Å²) in [7, 11) is 1.51. The number of ether oxygens (including phenoxy) is 2. The summed E-state index contributed by atoms with van der Waals surface area (Å²) in [6.07, 6.45) is 1.43. The van der Waals surface area contributed by atoms with Crippen molar-refractivity contribution in [2.24, 2.45) is 0 Å². The van der Waals surface area contributed by atoms with Gasteiger partial charge in [0.15, 0.2) is 22.8 Å². The number of hydrogen-bond donors (Lipinski definition) is 0. The molecule has 35 heavy (non-hydrogen) atoms. The second-order valence-corrected chi connectivity index (χ2v) is 7.72. The molecule has 0 bridgehead atoms. The Morgan fingerprint density at radius 2 is 1.80 bits per heavy atom. The van der Waals surface area contributed by atoms with E-state index in [-0.39, 0.29) is 23.3 Å². The number of halogens is 2. The van der Waals surface area contributed by atoms with Gasteiger partial charge in [0, 0.05) is 19.2 Å². The number of methoxy groups -OCH3 is 1. The maximum atomic E-state index is 13.9. The first-order chi connectivity index (χ1) is 16.9. The fourth-order valence-electron chi connectivity index (χ4n) is 3.64. The van der Waals surface area contributed by atoms with Gasteiger partial charge in [0.25, 0.3) is 5.56 Å². The molecule has 2 aromatic heterocycles. The third-order valence-electron chi connectivity index (χ3n) is 5.41. The predicted octanol–water partition coefficient (Wildman–Crippen LogP) is 2.08. The second kappa shape index (κ2) is 10.4. The Bertz CT molecular complexity index is 1480. The zero-order valence-corrected chi connectivity index (χ0v) is 18.8. The summed E-state index contributed by atoms with van der Waals surface area (Å²) in [5.41, 5.74) is -0.557. The van der Waals surface area contributed by atoms with Crippen molar-refractivity contribution in [1.82, 2.24) is 18.7 Å². The van der Waals surface area contributed by atoms with Crippen molar-refractivity contribution in [2.45, 2.75) is 26.2 Å². The number of carbonyl (C=O) groups excluding carboxylic acids is 1. The van der Waals surface area contributed by atoms with Gasteiger partial charge in [0.1, 0.15) is 13.2 Å². The molecule has 0 saturated heterocycles. The molecule has 182 valence electrons. The van der Waals surface area contributed by atoms with Gasteiger partial charge in [-0.25, -0.2) is 23.1 Å². The predicted molar refractivity (Wildman–Crippen MR) is 122 cm³/mol. The number of aromatic nitrogens is 4. The minimum absolute atomic E-state index is 0.112. The Morgan fingerprint density at radius 3 is 2.54 bits per heavy atom.